The Morgan fingerprint density at radius 3 is 3.20 bits per heavy atom. The van der Waals surface area contributed by atoms with Gasteiger partial charge in [-0.3, -0.25) is 4.79 Å². The van der Waals surface area contributed by atoms with Gasteiger partial charge >= 0.3 is 0 Å². The van der Waals surface area contributed by atoms with E-state index >= 15 is 0 Å². The zero-order valence-corrected chi connectivity index (χ0v) is 11.6. The van der Waals surface area contributed by atoms with Crippen molar-refractivity contribution < 1.29 is 4.79 Å². The molecule has 3 rings (SSSR count). The topological polar surface area (TPSA) is 96.2 Å². The van der Waals surface area contributed by atoms with Crippen LogP contribution < -0.4 is 21.3 Å². The van der Waals surface area contributed by atoms with Crippen LogP contribution in [0.5, 0.6) is 0 Å². The molecule has 0 radical (unpaired) electrons. The maximum atomic E-state index is 11.8. The van der Waals surface area contributed by atoms with Crippen LogP contribution in [-0.4, -0.2) is 41.6 Å². The van der Waals surface area contributed by atoms with Crippen molar-refractivity contribution in [1.29, 1.82) is 0 Å². The summed E-state index contributed by atoms with van der Waals surface area (Å²) in [5.74, 6) is 2.03. The predicted molar refractivity (Wildman–Crippen MR) is 77.5 cm³/mol. The van der Waals surface area contributed by atoms with Crippen LogP contribution in [0.25, 0.3) is 0 Å². The minimum Gasteiger partial charge on any atom is -0.370 e. The second-order valence-electron chi connectivity index (χ2n) is 5.25. The third-order valence-electron chi connectivity index (χ3n) is 3.98. The average Bonchev–Trinajstić information content (AvgIpc) is 2.80. The summed E-state index contributed by atoms with van der Waals surface area (Å²) in [6.45, 7) is 4.37. The summed E-state index contributed by atoms with van der Waals surface area (Å²) in [7, 11) is 0. The molecule has 2 aliphatic heterocycles. The smallest absolute Gasteiger partial charge is 0.225 e. The van der Waals surface area contributed by atoms with E-state index in [2.05, 4.69) is 25.5 Å². The zero-order valence-electron chi connectivity index (χ0n) is 11.6. The largest absolute Gasteiger partial charge is 0.370 e. The molecule has 2 saturated heterocycles. The quantitative estimate of drug-likeness (QED) is 0.730. The van der Waals surface area contributed by atoms with E-state index in [9.17, 15) is 4.79 Å². The number of nitrogens with one attached hydrogen (secondary N) is 2. The number of rotatable bonds is 3. The molecule has 0 bridgehead atoms. The molecule has 0 aromatic carbocycles. The van der Waals surface area contributed by atoms with E-state index < -0.39 is 0 Å². The maximum Gasteiger partial charge on any atom is 0.225 e. The summed E-state index contributed by atoms with van der Waals surface area (Å²) in [6, 6.07) is 2.09. The highest BCUT2D eigenvalue weighted by atomic mass is 16.2. The van der Waals surface area contributed by atoms with Crippen molar-refractivity contribution in [2.45, 2.75) is 25.8 Å². The molecule has 2 unspecified atom stereocenters. The van der Waals surface area contributed by atoms with Gasteiger partial charge in [0.2, 0.25) is 11.9 Å². The van der Waals surface area contributed by atoms with Crippen molar-refractivity contribution >= 4 is 23.5 Å². The van der Waals surface area contributed by atoms with E-state index in [1.165, 1.54) is 0 Å². The Balaban J connectivity index is 1.89. The number of aromatic nitrogens is 2. The summed E-state index contributed by atoms with van der Waals surface area (Å²) in [4.78, 5) is 22.5. The first-order valence-corrected chi connectivity index (χ1v) is 7.12. The van der Waals surface area contributed by atoms with Crippen molar-refractivity contribution in [2.24, 2.45) is 5.92 Å². The molecule has 20 heavy (non-hydrogen) atoms. The number of fused-ring (bicyclic) bond motifs is 1. The molecule has 1 amide bonds. The third-order valence-corrected chi connectivity index (χ3v) is 3.98. The van der Waals surface area contributed by atoms with Crippen molar-refractivity contribution in [3.63, 3.8) is 0 Å². The number of nitrogens with two attached hydrogens (primary N) is 1. The van der Waals surface area contributed by atoms with Crippen LogP contribution in [0.1, 0.15) is 19.8 Å². The summed E-state index contributed by atoms with van der Waals surface area (Å²) >= 11 is 0. The molecule has 7 heteroatoms. The molecule has 0 spiro atoms. The SMILES string of the molecule is CCNc1cc(N2CCCC3C(=O)NCC32)nc(N)n1. The van der Waals surface area contributed by atoms with Crippen LogP contribution in [-0.2, 0) is 4.79 Å². The molecule has 108 valence electrons. The highest BCUT2D eigenvalue weighted by molar-refractivity contribution is 5.83. The molecule has 2 fully saturated rings. The molecule has 2 atom stereocenters. The number of piperidine rings is 1. The molecule has 1 aromatic rings. The number of hydrogen-bond donors (Lipinski definition) is 3. The molecule has 0 aliphatic carbocycles. The van der Waals surface area contributed by atoms with E-state index in [-0.39, 0.29) is 23.8 Å². The zero-order chi connectivity index (χ0) is 14.1. The molecule has 4 N–H and O–H groups in total. The van der Waals surface area contributed by atoms with Crippen molar-refractivity contribution in [2.75, 3.05) is 35.6 Å². The Morgan fingerprint density at radius 2 is 2.40 bits per heavy atom. The molecule has 2 aliphatic rings. The van der Waals surface area contributed by atoms with E-state index in [0.717, 1.165) is 37.6 Å². The van der Waals surface area contributed by atoms with Gasteiger partial charge in [0.05, 0.1) is 12.0 Å². The van der Waals surface area contributed by atoms with Crippen molar-refractivity contribution in [3.05, 3.63) is 6.07 Å². The van der Waals surface area contributed by atoms with Crippen molar-refractivity contribution in [1.82, 2.24) is 15.3 Å². The van der Waals surface area contributed by atoms with Gasteiger partial charge in [0.15, 0.2) is 0 Å². The first-order valence-electron chi connectivity index (χ1n) is 7.12. The highest BCUT2D eigenvalue weighted by Gasteiger charge is 2.41. The Bertz CT molecular complexity index is 520. The van der Waals surface area contributed by atoms with E-state index in [1.807, 2.05) is 13.0 Å². The molecule has 0 saturated carbocycles. The number of carbonyl (C=O) groups is 1. The average molecular weight is 276 g/mol. The van der Waals surface area contributed by atoms with E-state index in [1.54, 1.807) is 0 Å². The summed E-state index contributed by atoms with van der Waals surface area (Å²) in [6.07, 6.45) is 1.95. The predicted octanol–water partition coefficient (Wildman–Crippen LogP) is 0.205. The van der Waals surface area contributed by atoms with Gasteiger partial charge in [-0.05, 0) is 19.8 Å². The Morgan fingerprint density at radius 1 is 1.55 bits per heavy atom. The molecule has 3 heterocycles. The first-order chi connectivity index (χ1) is 9.69. The standard InChI is InChI=1S/C13H20N6O/c1-2-15-10-6-11(18-13(14)17-10)19-5-3-4-8-9(19)7-16-12(8)20/h6,8-9H,2-5,7H2,1H3,(H,16,20)(H3,14,15,17,18). The first kappa shape index (κ1) is 13.0. The van der Waals surface area contributed by atoms with Crippen LogP contribution in [0.3, 0.4) is 0 Å². The fraction of sp³-hybridized carbons (Fsp3) is 0.615. The number of nitrogens with zero attached hydrogens (tertiary/aromatic N) is 3. The van der Waals surface area contributed by atoms with Crippen LogP contribution in [0.15, 0.2) is 6.07 Å². The summed E-state index contributed by atoms with van der Waals surface area (Å²) in [5, 5.41) is 6.10. The molecule has 7 nitrogen and oxygen atoms in total. The lowest BCUT2D eigenvalue weighted by Gasteiger charge is -2.36. The van der Waals surface area contributed by atoms with Gasteiger partial charge < -0.3 is 21.3 Å². The Kier molecular flexibility index (Phi) is 3.33. The lowest BCUT2D eigenvalue weighted by molar-refractivity contribution is -0.122. The summed E-state index contributed by atoms with van der Waals surface area (Å²) < 4.78 is 0. The van der Waals surface area contributed by atoms with Crippen LogP contribution in [0.2, 0.25) is 0 Å². The molecular weight excluding hydrogens is 256 g/mol. The lowest BCUT2D eigenvalue weighted by atomic mass is 9.91. The number of anilines is 3. The minimum atomic E-state index is 0.0718. The van der Waals surface area contributed by atoms with Crippen LogP contribution in [0, 0.1) is 5.92 Å². The Hall–Kier alpha value is -2.05. The third kappa shape index (κ3) is 2.23. The number of nitrogen functional groups attached to an aromatic ring is 1. The van der Waals surface area contributed by atoms with E-state index in [0.29, 0.717) is 6.54 Å². The van der Waals surface area contributed by atoms with Crippen LogP contribution in [0.4, 0.5) is 17.6 Å². The highest BCUT2D eigenvalue weighted by Crippen LogP contribution is 2.31. The van der Waals surface area contributed by atoms with Gasteiger partial charge in [0.1, 0.15) is 11.6 Å². The minimum absolute atomic E-state index is 0.0718. The Labute approximate surface area is 118 Å². The fourth-order valence-electron chi connectivity index (χ4n) is 3.11. The van der Waals surface area contributed by atoms with Gasteiger partial charge in [-0.15, -0.1) is 0 Å². The van der Waals surface area contributed by atoms with Crippen molar-refractivity contribution in [3.8, 4) is 0 Å². The van der Waals surface area contributed by atoms with Crippen LogP contribution >= 0.6 is 0 Å². The summed E-state index contributed by atoms with van der Waals surface area (Å²) in [5.41, 5.74) is 5.79. The number of carbonyl (C=O) groups excluding carboxylic acids is 1. The lowest BCUT2D eigenvalue weighted by Crippen LogP contribution is -2.46. The number of hydrogen-bond acceptors (Lipinski definition) is 6. The fourth-order valence-corrected chi connectivity index (χ4v) is 3.11. The number of amides is 1. The maximum absolute atomic E-state index is 11.8. The van der Waals surface area contributed by atoms with Gasteiger partial charge in [-0.25, -0.2) is 0 Å². The monoisotopic (exact) mass is 276 g/mol. The van der Waals surface area contributed by atoms with Gasteiger partial charge in [0, 0.05) is 25.7 Å². The second-order valence-corrected chi connectivity index (χ2v) is 5.25. The van der Waals surface area contributed by atoms with Gasteiger partial charge in [-0.2, -0.15) is 9.97 Å². The van der Waals surface area contributed by atoms with Gasteiger partial charge in [-0.1, -0.05) is 0 Å². The normalized spacial score (nSPS) is 25.2. The van der Waals surface area contributed by atoms with E-state index in [4.69, 9.17) is 5.73 Å². The van der Waals surface area contributed by atoms with Gasteiger partial charge in [0.25, 0.3) is 0 Å². The molecular formula is C13H20N6O. The molecule has 1 aromatic heterocycles. The second kappa shape index (κ2) is 5.15.